The summed E-state index contributed by atoms with van der Waals surface area (Å²) in [4.78, 5) is 18.1. The summed E-state index contributed by atoms with van der Waals surface area (Å²) in [6.07, 6.45) is 6.71. The van der Waals surface area contributed by atoms with Gasteiger partial charge in [-0.25, -0.2) is 15.0 Å². The Morgan fingerprint density at radius 3 is 3.00 bits per heavy atom. The van der Waals surface area contributed by atoms with Crippen LogP contribution in [-0.4, -0.2) is 39.1 Å². The predicted octanol–water partition coefficient (Wildman–Crippen LogP) is 0.670. The Balaban J connectivity index is 1.96. The number of anilines is 1. The summed E-state index contributed by atoms with van der Waals surface area (Å²) in [6, 6.07) is 0.614. The van der Waals surface area contributed by atoms with E-state index in [9.17, 15) is 0 Å². The Morgan fingerprint density at radius 2 is 2.24 bits per heavy atom. The highest BCUT2D eigenvalue weighted by Gasteiger charge is 2.30. The van der Waals surface area contributed by atoms with Gasteiger partial charge in [0.1, 0.15) is 11.8 Å². The number of imidazole rings is 1. The van der Waals surface area contributed by atoms with Gasteiger partial charge in [0.05, 0.1) is 6.33 Å². The lowest BCUT2D eigenvalue weighted by Crippen LogP contribution is -2.29. The quantitative estimate of drug-likeness (QED) is 0.791. The summed E-state index contributed by atoms with van der Waals surface area (Å²) in [5.74, 6) is 0.962. The van der Waals surface area contributed by atoms with Crippen molar-refractivity contribution < 1.29 is 0 Å². The molecule has 90 valence electrons. The second-order valence-electron chi connectivity index (χ2n) is 4.37. The first-order valence-corrected chi connectivity index (χ1v) is 6.01. The third kappa shape index (κ3) is 1.95. The minimum absolute atomic E-state index is 0.614. The summed E-state index contributed by atoms with van der Waals surface area (Å²) in [6.45, 7) is 1.66. The van der Waals surface area contributed by atoms with Gasteiger partial charge in [-0.15, -0.1) is 0 Å². The van der Waals surface area contributed by atoms with E-state index in [2.05, 4.69) is 24.8 Å². The monoisotopic (exact) mass is 232 g/mol. The Bertz CT molecular complexity index is 503. The lowest BCUT2D eigenvalue weighted by atomic mass is 10.3. The highest BCUT2D eigenvalue weighted by Crippen LogP contribution is 2.32. The van der Waals surface area contributed by atoms with E-state index in [0.717, 1.165) is 29.9 Å². The molecule has 2 aromatic heterocycles. The number of nitrogens with one attached hydrogen (secondary N) is 1. The van der Waals surface area contributed by atoms with Gasteiger partial charge in [0.2, 0.25) is 0 Å². The van der Waals surface area contributed by atoms with Crippen LogP contribution in [0.15, 0.2) is 12.7 Å². The third-order valence-corrected chi connectivity index (χ3v) is 3.07. The lowest BCUT2D eigenvalue weighted by molar-refractivity contribution is 0.724. The van der Waals surface area contributed by atoms with Crippen LogP contribution in [0, 0.1) is 0 Å². The molecule has 0 amide bonds. The van der Waals surface area contributed by atoms with Crippen LogP contribution in [0.4, 0.5) is 5.82 Å². The number of hydrogen-bond acceptors (Lipinski definition) is 5. The molecule has 1 saturated carbocycles. The highest BCUT2D eigenvalue weighted by atomic mass is 15.2. The van der Waals surface area contributed by atoms with Gasteiger partial charge in [-0.2, -0.15) is 0 Å². The fourth-order valence-electron chi connectivity index (χ4n) is 2.08. The van der Waals surface area contributed by atoms with Crippen LogP contribution in [0.3, 0.4) is 0 Å². The molecule has 0 bridgehead atoms. The molecule has 1 aliphatic carbocycles. The molecule has 1 aliphatic rings. The normalized spacial score (nSPS) is 15.4. The van der Waals surface area contributed by atoms with Crippen molar-refractivity contribution in [2.24, 2.45) is 5.73 Å². The van der Waals surface area contributed by atoms with Crippen molar-refractivity contribution in [1.29, 1.82) is 0 Å². The SMILES string of the molecule is NCCCN(c1ncnc2nc[nH]c12)C1CC1. The fraction of sp³-hybridized carbons (Fsp3) is 0.545. The third-order valence-electron chi connectivity index (χ3n) is 3.07. The van der Waals surface area contributed by atoms with Crippen molar-refractivity contribution in [3.8, 4) is 0 Å². The number of H-pyrrole nitrogens is 1. The lowest BCUT2D eigenvalue weighted by Gasteiger charge is -2.23. The summed E-state index contributed by atoms with van der Waals surface area (Å²) in [7, 11) is 0. The van der Waals surface area contributed by atoms with E-state index >= 15 is 0 Å². The molecule has 3 N–H and O–H groups in total. The fourth-order valence-corrected chi connectivity index (χ4v) is 2.08. The number of fused-ring (bicyclic) bond motifs is 1. The van der Waals surface area contributed by atoms with Gasteiger partial charge in [0.15, 0.2) is 11.5 Å². The molecule has 0 aliphatic heterocycles. The minimum atomic E-state index is 0.614. The van der Waals surface area contributed by atoms with Gasteiger partial charge in [0, 0.05) is 12.6 Å². The average Bonchev–Trinajstić information content (AvgIpc) is 3.07. The molecule has 0 unspecified atom stereocenters. The molecular weight excluding hydrogens is 216 g/mol. The van der Waals surface area contributed by atoms with Crippen LogP contribution < -0.4 is 10.6 Å². The number of nitrogens with two attached hydrogens (primary N) is 1. The van der Waals surface area contributed by atoms with Crippen LogP contribution >= 0.6 is 0 Å². The van der Waals surface area contributed by atoms with Crippen molar-refractivity contribution >= 4 is 17.0 Å². The van der Waals surface area contributed by atoms with Crippen molar-refractivity contribution in [3.63, 3.8) is 0 Å². The molecular formula is C11H16N6. The number of nitrogens with zero attached hydrogens (tertiary/aromatic N) is 4. The number of hydrogen-bond donors (Lipinski definition) is 2. The van der Waals surface area contributed by atoms with Crippen LogP contribution in [0.5, 0.6) is 0 Å². The number of rotatable bonds is 5. The second kappa shape index (κ2) is 4.29. The summed E-state index contributed by atoms with van der Waals surface area (Å²) < 4.78 is 0. The van der Waals surface area contributed by atoms with E-state index in [0.29, 0.717) is 12.6 Å². The Kier molecular flexibility index (Phi) is 2.64. The van der Waals surface area contributed by atoms with Crippen LogP contribution in [0.1, 0.15) is 19.3 Å². The maximum atomic E-state index is 5.59. The van der Waals surface area contributed by atoms with Crippen LogP contribution in [-0.2, 0) is 0 Å². The number of aromatic nitrogens is 4. The molecule has 2 heterocycles. The molecule has 6 heteroatoms. The van der Waals surface area contributed by atoms with E-state index in [1.807, 2.05) is 0 Å². The molecule has 0 aromatic carbocycles. The zero-order chi connectivity index (χ0) is 11.7. The minimum Gasteiger partial charge on any atom is -0.352 e. The molecule has 0 radical (unpaired) electrons. The zero-order valence-electron chi connectivity index (χ0n) is 9.63. The Morgan fingerprint density at radius 1 is 1.35 bits per heavy atom. The molecule has 6 nitrogen and oxygen atoms in total. The van der Waals surface area contributed by atoms with Gasteiger partial charge in [-0.05, 0) is 25.8 Å². The molecule has 0 saturated heterocycles. The Labute approximate surface area is 99.3 Å². The van der Waals surface area contributed by atoms with Crippen molar-refractivity contribution in [2.45, 2.75) is 25.3 Å². The summed E-state index contributed by atoms with van der Waals surface area (Å²) in [5, 5.41) is 0. The molecule has 0 spiro atoms. The highest BCUT2D eigenvalue weighted by molar-refractivity contribution is 5.82. The van der Waals surface area contributed by atoms with Crippen molar-refractivity contribution in [3.05, 3.63) is 12.7 Å². The summed E-state index contributed by atoms with van der Waals surface area (Å²) >= 11 is 0. The van der Waals surface area contributed by atoms with E-state index in [1.54, 1.807) is 12.7 Å². The number of aromatic amines is 1. The van der Waals surface area contributed by atoms with E-state index in [-0.39, 0.29) is 0 Å². The predicted molar refractivity (Wildman–Crippen MR) is 65.7 cm³/mol. The van der Waals surface area contributed by atoms with E-state index < -0.39 is 0 Å². The van der Waals surface area contributed by atoms with Crippen LogP contribution in [0.2, 0.25) is 0 Å². The first kappa shape index (κ1) is 10.5. The molecule has 1 fully saturated rings. The smallest absolute Gasteiger partial charge is 0.182 e. The average molecular weight is 232 g/mol. The molecule has 2 aromatic rings. The standard InChI is InChI=1S/C11H16N6/c12-4-1-5-17(8-2-3-8)11-9-10(14-6-13-9)15-7-16-11/h6-8H,1-5,12H2,(H,13,14,15,16). The van der Waals surface area contributed by atoms with E-state index in [4.69, 9.17) is 5.73 Å². The maximum Gasteiger partial charge on any atom is 0.182 e. The largest absolute Gasteiger partial charge is 0.352 e. The first-order chi connectivity index (χ1) is 8.40. The first-order valence-electron chi connectivity index (χ1n) is 6.01. The van der Waals surface area contributed by atoms with Gasteiger partial charge in [0.25, 0.3) is 0 Å². The van der Waals surface area contributed by atoms with E-state index in [1.165, 1.54) is 12.8 Å². The topological polar surface area (TPSA) is 83.7 Å². The van der Waals surface area contributed by atoms with Gasteiger partial charge < -0.3 is 15.6 Å². The Hall–Kier alpha value is -1.69. The van der Waals surface area contributed by atoms with Gasteiger partial charge in [-0.3, -0.25) is 0 Å². The van der Waals surface area contributed by atoms with Crippen molar-refractivity contribution in [2.75, 3.05) is 18.0 Å². The maximum absolute atomic E-state index is 5.59. The second-order valence-corrected chi connectivity index (χ2v) is 4.37. The van der Waals surface area contributed by atoms with Crippen LogP contribution in [0.25, 0.3) is 11.2 Å². The van der Waals surface area contributed by atoms with Gasteiger partial charge in [-0.1, -0.05) is 0 Å². The van der Waals surface area contributed by atoms with Gasteiger partial charge >= 0.3 is 0 Å². The molecule has 0 atom stereocenters. The molecule has 3 rings (SSSR count). The summed E-state index contributed by atoms with van der Waals surface area (Å²) in [5.41, 5.74) is 7.25. The van der Waals surface area contributed by atoms with Crippen molar-refractivity contribution in [1.82, 2.24) is 19.9 Å². The molecule has 17 heavy (non-hydrogen) atoms. The zero-order valence-corrected chi connectivity index (χ0v) is 9.63.